The van der Waals surface area contributed by atoms with E-state index in [2.05, 4.69) is 4.98 Å². The molecule has 0 radical (unpaired) electrons. The van der Waals surface area contributed by atoms with E-state index in [1.54, 1.807) is 29.2 Å². The lowest BCUT2D eigenvalue weighted by atomic mass is 10.1. The van der Waals surface area contributed by atoms with Crippen molar-refractivity contribution in [1.82, 2.24) is 9.88 Å². The molecule has 0 unspecified atom stereocenters. The number of amides is 2. The summed E-state index contributed by atoms with van der Waals surface area (Å²) in [5.74, 6) is 1.18. The lowest BCUT2D eigenvalue weighted by Gasteiger charge is -2.20. The zero-order valence-corrected chi connectivity index (χ0v) is 20.8. The molecule has 2 amide bonds. The van der Waals surface area contributed by atoms with Crippen molar-refractivity contribution in [2.24, 2.45) is 0 Å². The molecular formula is C29H29N3O5. The highest BCUT2D eigenvalue weighted by Gasteiger charge is 2.32. The fourth-order valence-electron chi connectivity index (χ4n) is 5.50. The second-order valence-electron chi connectivity index (χ2n) is 9.89. The van der Waals surface area contributed by atoms with Gasteiger partial charge in [-0.05, 0) is 61.1 Å². The van der Waals surface area contributed by atoms with Crippen LogP contribution in [0.1, 0.15) is 68.8 Å². The van der Waals surface area contributed by atoms with Gasteiger partial charge in [-0.3, -0.25) is 14.6 Å². The van der Waals surface area contributed by atoms with Crippen LogP contribution in [-0.4, -0.2) is 40.0 Å². The number of methoxy groups -OCH3 is 1. The van der Waals surface area contributed by atoms with Gasteiger partial charge in [-0.1, -0.05) is 12.1 Å². The number of carbonyl (C=O) groups excluding carboxylic acids is 2. The van der Waals surface area contributed by atoms with Gasteiger partial charge in [-0.2, -0.15) is 0 Å². The number of benzene rings is 2. The zero-order valence-electron chi connectivity index (χ0n) is 20.8. The molecule has 2 aliphatic heterocycles. The normalized spacial score (nSPS) is 16.9. The molecule has 190 valence electrons. The van der Waals surface area contributed by atoms with Crippen molar-refractivity contribution >= 4 is 17.5 Å². The van der Waals surface area contributed by atoms with E-state index in [1.165, 1.54) is 12.8 Å². The zero-order chi connectivity index (χ0) is 25.5. The Morgan fingerprint density at radius 2 is 1.76 bits per heavy atom. The van der Waals surface area contributed by atoms with Gasteiger partial charge in [0.05, 0.1) is 32.1 Å². The summed E-state index contributed by atoms with van der Waals surface area (Å²) in [6.45, 7) is 1.13. The van der Waals surface area contributed by atoms with Crippen LogP contribution in [0.4, 0.5) is 5.69 Å². The molecule has 1 aromatic heterocycles. The van der Waals surface area contributed by atoms with Crippen molar-refractivity contribution in [3.05, 3.63) is 82.2 Å². The summed E-state index contributed by atoms with van der Waals surface area (Å²) in [5.41, 5.74) is 5.18. The highest BCUT2D eigenvalue weighted by Crippen LogP contribution is 2.38. The Balaban J connectivity index is 1.20. The van der Waals surface area contributed by atoms with Gasteiger partial charge in [-0.15, -0.1) is 0 Å². The molecule has 0 saturated heterocycles. The second kappa shape index (κ2) is 9.52. The van der Waals surface area contributed by atoms with E-state index >= 15 is 0 Å². The predicted octanol–water partition coefficient (Wildman–Crippen LogP) is 4.22. The SMILES string of the molecule is COc1ccc(N2Cc3ccc(CN4Cc5cnc(CO)cc5C4=O)cc3C2=O)cc1OC1CCCC1. The van der Waals surface area contributed by atoms with Crippen molar-refractivity contribution in [2.45, 2.75) is 58.0 Å². The van der Waals surface area contributed by atoms with Crippen molar-refractivity contribution < 1.29 is 24.2 Å². The lowest BCUT2D eigenvalue weighted by Crippen LogP contribution is -2.24. The summed E-state index contributed by atoms with van der Waals surface area (Å²) in [4.78, 5) is 34.1. The van der Waals surface area contributed by atoms with Gasteiger partial charge in [-0.25, -0.2) is 0 Å². The Bertz CT molecular complexity index is 1380. The van der Waals surface area contributed by atoms with Gasteiger partial charge in [0.25, 0.3) is 11.8 Å². The number of anilines is 1. The molecule has 3 heterocycles. The number of pyridine rings is 1. The maximum absolute atomic E-state index is 13.5. The van der Waals surface area contributed by atoms with Crippen LogP contribution in [0.3, 0.4) is 0 Å². The molecule has 0 atom stereocenters. The van der Waals surface area contributed by atoms with Crippen LogP contribution in [0.2, 0.25) is 0 Å². The third-order valence-corrected chi connectivity index (χ3v) is 7.49. The Hall–Kier alpha value is -3.91. The number of hydrogen-bond acceptors (Lipinski definition) is 6. The molecule has 6 rings (SSSR count). The Morgan fingerprint density at radius 3 is 2.54 bits per heavy atom. The van der Waals surface area contributed by atoms with E-state index in [9.17, 15) is 14.7 Å². The summed E-state index contributed by atoms with van der Waals surface area (Å²) in [5, 5.41) is 9.34. The third kappa shape index (κ3) is 4.31. The van der Waals surface area contributed by atoms with Crippen LogP contribution in [0.5, 0.6) is 11.5 Å². The summed E-state index contributed by atoms with van der Waals surface area (Å²) in [6.07, 6.45) is 6.25. The first-order valence-electron chi connectivity index (χ1n) is 12.7. The van der Waals surface area contributed by atoms with Crippen LogP contribution >= 0.6 is 0 Å². The van der Waals surface area contributed by atoms with Gasteiger partial charge >= 0.3 is 0 Å². The van der Waals surface area contributed by atoms with E-state index in [4.69, 9.17) is 9.47 Å². The van der Waals surface area contributed by atoms with Gasteiger partial charge < -0.3 is 24.4 Å². The van der Waals surface area contributed by atoms with Crippen LogP contribution < -0.4 is 14.4 Å². The average molecular weight is 500 g/mol. The maximum atomic E-state index is 13.5. The summed E-state index contributed by atoms with van der Waals surface area (Å²) >= 11 is 0. The quantitative estimate of drug-likeness (QED) is 0.523. The van der Waals surface area contributed by atoms with Crippen molar-refractivity contribution in [3.8, 4) is 11.5 Å². The molecule has 1 saturated carbocycles. The topological polar surface area (TPSA) is 92.2 Å². The predicted molar refractivity (Wildman–Crippen MR) is 137 cm³/mol. The fourth-order valence-corrected chi connectivity index (χ4v) is 5.50. The largest absolute Gasteiger partial charge is 0.493 e. The maximum Gasteiger partial charge on any atom is 0.258 e. The molecule has 8 nitrogen and oxygen atoms in total. The first kappa shape index (κ1) is 23.5. The number of hydrogen-bond donors (Lipinski definition) is 1. The van der Waals surface area contributed by atoms with Gasteiger partial charge in [0.1, 0.15) is 0 Å². The Kier molecular flexibility index (Phi) is 6.04. The second-order valence-corrected chi connectivity index (χ2v) is 9.89. The molecule has 3 aliphatic rings. The monoisotopic (exact) mass is 499 g/mol. The minimum Gasteiger partial charge on any atom is -0.493 e. The first-order valence-corrected chi connectivity index (χ1v) is 12.7. The molecule has 37 heavy (non-hydrogen) atoms. The number of carbonyl (C=O) groups is 2. The number of nitrogens with zero attached hydrogens (tertiary/aromatic N) is 3. The average Bonchev–Trinajstić information content (AvgIpc) is 3.63. The van der Waals surface area contributed by atoms with E-state index < -0.39 is 0 Å². The minimum absolute atomic E-state index is 0.0679. The number of aliphatic hydroxyl groups is 1. The molecule has 1 N–H and O–H groups in total. The number of aliphatic hydroxyl groups excluding tert-OH is 1. The van der Waals surface area contributed by atoms with Gasteiger partial charge in [0.15, 0.2) is 11.5 Å². The lowest BCUT2D eigenvalue weighted by molar-refractivity contribution is 0.0766. The smallest absolute Gasteiger partial charge is 0.258 e. The molecule has 0 bridgehead atoms. The fraction of sp³-hybridized carbons (Fsp3) is 0.345. The van der Waals surface area contributed by atoms with Gasteiger partial charge in [0.2, 0.25) is 0 Å². The van der Waals surface area contributed by atoms with Crippen LogP contribution in [-0.2, 0) is 26.2 Å². The number of rotatable bonds is 7. The molecule has 1 aliphatic carbocycles. The minimum atomic E-state index is -0.202. The number of ether oxygens (including phenoxy) is 2. The van der Waals surface area contributed by atoms with Crippen molar-refractivity contribution in [3.63, 3.8) is 0 Å². The molecule has 1 fully saturated rings. The summed E-state index contributed by atoms with van der Waals surface area (Å²) in [6, 6.07) is 13.1. The number of aromatic nitrogens is 1. The molecule has 3 aromatic rings. The number of fused-ring (bicyclic) bond motifs is 2. The van der Waals surface area contributed by atoms with Crippen LogP contribution in [0, 0.1) is 0 Å². The molecular weight excluding hydrogens is 470 g/mol. The van der Waals surface area contributed by atoms with Crippen molar-refractivity contribution in [1.29, 1.82) is 0 Å². The molecule has 8 heteroatoms. The summed E-state index contributed by atoms with van der Waals surface area (Å²) < 4.78 is 11.7. The van der Waals surface area contributed by atoms with E-state index in [-0.39, 0.29) is 24.5 Å². The van der Waals surface area contributed by atoms with Crippen molar-refractivity contribution in [2.75, 3.05) is 12.0 Å². The van der Waals surface area contributed by atoms with Crippen LogP contribution in [0.15, 0.2) is 48.7 Å². The highest BCUT2D eigenvalue weighted by atomic mass is 16.5. The summed E-state index contributed by atoms with van der Waals surface area (Å²) in [7, 11) is 1.63. The molecule has 2 aromatic carbocycles. The molecule has 0 spiro atoms. The first-order chi connectivity index (χ1) is 18.0. The highest BCUT2D eigenvalue weighted by molar-refractivity contribution is 6.10. The van der Waals surface area contributed by atoms with Gasteiger partial charge in [0, 0.05) is 47.7 Å². The Labute approximate surface area is 215 Å². The van der Waals surface area contributed by atoms with E-state index in [0.29, 0.717) is 48.0 Å². The van der Waals surface area contributed by atoms with E-state index in [1.807, 2.05) is 36.4 Å². The Morgan fingerprint density at radius 1 is 0.946 bits per heavy atom. The third-order valence-electron chi connectivity index (χ3n) is 7.49. The standard InChI is InChI=1S/C29H29N3O5/c1-36-26-9-8-22(12-27(26)37-23-4-2-3-5-23)32-16-19-7-6-18(10-24(19)29(32)35)14-31-15-20-13-30-21(17-33)11-25(20)28(31)34/h6-13,23,33H,2-5,14-17H2,1H3. The van der Waals surface area contributed by atoms with E-state index in [0.717, 1.165) is 35.2 Å². The van der Waals surface area contributed by atoms with Crippen LogP contribution in [0.25, 0.3) is 0 Å².